The van der Waals surface area contributed by atoms with Crippen LogP contribution in [-0.2, 0) is 16.4 Å². The van der Waals surface area contributed by atoms with Crippen LogP contribution in [-0.4, -0.2) is 14.5 Å². The van der Waals surface area contributed by atoms with Crippen LogP contribution in [0.1, 0.15) is 11.8 Å². The highest BCUT2D eigenvalue weighted by molar-refractivity contribution is 7.89. The first-order valence-corrected chi connectivity index (χ1v) is 8.14. The molecule has 3 nitrogen and oxygen atoms in total. The molecule has 1 unspecified atom stereocenters. The van der Waals surface area contributed by atoms with E-state index in [0.29, 0.717) is 6.42 Å². The van der Waals surface area contributed by atoms with Crippen LogP contribution in [0.2, 0.25) is 0 Å². The molecule has 1 heterocycles. The lowest BCUT2D eigenvalue weighted by Gasteiger charge is -2.13. The Kier molecular flexibility index (Phi) is 4.34. The summed E-state index contributed by atoms with van der Waals surface area (Å²) < 4.78 is 40.1. The smallest absolute Gasteiger partial charge is 0.208 e. The van der Waals surface area contributed by atoms with Gasteiger partial charge in [0.15, 0.2) is 0 Å². The van der Waals surface area contributed by atoms with E-state index in [4.69, 9.17) is 0 Å². The molecule has 0 aliphatic carbocycles. The number of nitrogens with one attached hydrogen (secondary N) is 1. The summed E-state index contributed by atoms with van der Waals surface area (Å²) in [6.07, 6.45) is 0.589. The Balaban J connectivity index is 2.11. The standard InChI is InChI=1S/C13H14FNO2S2/c1-10(9-11-5-4-8-18-11)15-19(16,17)13-7-3-2-6-12(13)14/h2-8,10,15H,9H2,1H3. The maximum Gasteiger partial charge on any atom is 0.243 e. The van der Waals surface area contributed by atoms with Gasteiger partial charge in [0.2, 0.25) is 10.0 Å². The van der Waals surface area contributed by atoms with Gasteiger partial charge in [-0.2, -0.15) is 0 Å². The molecule has 2 rings (SSSR count). The van der Waals surface area contributed by atoms with E-state index in [2.05, 4.69) is 4.72 Å². The highest BCUT2D eigenvalue weighted by atomic mass is 32.2. The predicted octanol–water partition coefficient (Wildman–Crippen LogP) is 2.80. The minimum Gasteiger partial charge on any atom is -0.208 e. The molecular weight excluding hydrogens is 285 g/mol. The van der Waals surface area contributed by atoms with Crippen molar-refractivity contribution in [2.75, 3.05) is 0 Å². The first-order chi connectivity index (χ1) is 8.99. The van der Waals surface area contributed by atoms with Gasteiger partial charge in [0.25, 0.3) is 0 Å². The molecule has 102 valence electrons. The van der Waals surface area contributed by atoms with Crippen molar-refractivity contribution >= 4 is 21.4 Å². The number of rotatable bonds is 5. The van der Waals surface area contributed by atoms with Crippen LogP contribution in [0.15, 0.2) is 46.7 Å². The van der Waals surface area contributed by atoms with E-state index in [1.54, 1.807) is 18.3 Å². The largest absolute Gasteiger partial charge is 0.243 e. The van der Waals surface area contributed by atoms with Crippen LogP contribution in [0.4, 0.5) is 4.39 Å². The van der Waals surface area contributed by atoms with E-state index in [1.165, 1.54) is 18.2 Å². The quantitative estimate of drug-likeness (QED) is 0.923. The first kappa shape index (κ1) is 14.2. The Hall–Kier alpha value is -1.24. The number of hydrogen-bond acceptors (Lipinski definition) is 3. The number of halogens is 1. The Morgan fingerprint density at radius 2 is 2.00 bits per heavy atom. The van der Waals surface area contributed by atoms with E-state index < -0.39 is 15.8 Å². The number of thiophene rings is 1. The van der Waals surface area contributed by atoms with Crippen molar-refractivity contribution in [2.45, 2.75) is 24.3 Å². The lowest BCUT2D eigenvalue weighted by Crippen LogP contribution is -2.34. The van der Waals surface area contributed by atoms with Crippen LogP contribution in [0.3, 0.4) is 0 Å². The van der Waals surface area contributed by atoms with Gasteiger partial charge in [-0.25, -0.2) is 17.5 Å². The third kappa shape index (κ3) is 3.62. The third-order valence-electron chi connectivity index (χ3n) is 2.57. The summed E-state index contributed by atoms with van der Waals surface area (Å²) >= 11 is 1.57. The molecular formula is C13H14FNO2S2. The van der Waals surface area contributed by atoms with Crippen LogP contribution >= 0.6 is 11.3 Å². The van der Waals surface area contributed by atoms with Gasteiger partial charge in [0.1, 0.15) is 10.7 Å². The van der Waals surface area contributed by atoms with Gasteiger partial charge in [-0.15, -0.1) is 11.3 Å². The summed E-state index contributed by atoms with van der Waals surface area (Å²) in [6.45, 7) is 1.76. The fraction of sp³-hybridized carbons (Fsp3) is 0.231. The predicted molar refractivity (Wildman–Crippen MR) is 74.2 cm³/mol. The Morgan fingerprint density at radius 1 is 1.26 bits per heavy atom. The Morgan fingerprint density at radius 3 is 2.63 bits per heavy atom. The normalized spacial score (nSPS) is 13.4. The summed E-state index contributed by atoms with van der Waals surface area (Å²) in [5.74, 6) is -0.738. The molecule has 0 saturated heterocycles. The summed E-state index contributed by atoms with van der Waals surface area (Å²) in [5.41, 5.74) is 0. The Labute approximate surface area is 116 Å². The van der Waals surface area contributed by atoms with Crippen LogP contribution in [0.25, 0.3) is 0 Å². The molecule has 0 bridgehead atoms. The van der Waals surface area contributed by atoms with Gasteiger partial charge in [-0.3, -0.25) is 0 Å². The fourth-order valence-electron chi connectivity index (χ4n) is 1.76. The topological polar surface area (TPSA) is 46.2 Å². The summed E-state index contributed by atoms with van der Waals surface area (Å²) in [7, 11) is -3.81. The third-order valence-corrected chi connectivity index (χ3v) is 5.09. The van der Waals surface area contributed by atoms with E-state index in [1.807, 2.05) is 17.5 Å². The molecule has 0 spiro atoms. The summed E-state index contributed by atoms with van der Waals surface area (Å²) in [6, 6.07) is 8.93. The first-order valence-electron chi connectivity index (χ1n) is 5.78. The van der Waals surface area contributed by atoms with Gasteiger partial charge < -0.3 is 0 Å². The molecule has 0 radical (unpaired) electrons. The number of benzene rings is 1. The molecule has 0 amide bonds. The van der Waals surface area contributed by atoms with E-state index in [0.717, 1.165) is 10.9 Å². The van der Waals surface area contributed by atoms with Crippen molar-refractivity contribution < 1.29 is 12.8 Å². The highest BCUT2D eigenvalue weighted by Crippen LogP contribution is 2.16. The van der Waals surface area contributed by atoms with Crippen molar-refractivity contribution in [2.24, 2.45) is 0 Å². The molecule has 0 fully saturated rings. The zero-order valence-electron chi connectivity index (χ0n) is 10.3. The van der Waals surface area contributed by atoms with Gasteiger partial charge in [0, 0.05) is 10.9 Å². The van der Waals surface area contributed by atoms with E-state index >= 15 is 0 Å². The second-order valence-electron chi connectivity index (χ2n) is 4.24. The van der Waals surface area contributed by atoms with Crippen LogP contribution < -0.4 is 4.72 Å². The van der Waals surface area contributed by atoms with Crippen molar-refractivity contribution in [3.05, 3.63) is 52.5 Å². The van der Waals surface area contributed by atoms with Gasteiger partial charge in [-0.05, 0) is 36.9 Å². The molecule has 0 saturated carbocycles. The van der Waals surface area contributed by atoms with E-state index in [9.17, 15) is 12.8 Å². The molecule has 19 heavy (non-hydrogen) atoms. The molecule has 1 N–H and O–H groups in total. The van der Waals surface area contributed by atoms with Gasteiger partial charge in [-0.1, -0.05) is 18.2 Å². The molecule has 0 aliphatic heterocycles. The monoisotopic (exact) mass is 299 g/mol. The number of sulfonamides is 1. The SMILES string of the molecule is CC(Cc1cccs1)NS(=O)(=O)c1ccccc1F. The van der Waals surface area contributed by atoms with E-state index in [-0.39, 0.29) is 10.9 Å². The summed E-state index contributed by atoms with van der Waals surface area (Å²) in [5, 5.41) is 1.94. The molecule has 1 aromatic carbocycles. The average molecular weight is 299 g/mol. The number of hydrogen-bond donors (Lipinski definition) is 1. The van der Waals surface area contributed by atoms with Crippen LogP contribution in [0.5, 0.6) is 0 Å². The minimum absolute atomic E-state index is 0.289. The second-order valence-corrected chi connectivity index (χ2v) is 6.95. The summed E-state index contributed by atoms with van der Waals surface area (Å²) in [4.78, 5) is 0.775. The van der Waals surface area contributed by atoms with Crippen molar-refractivity contribution in [3.63, 3.8) is 0 Å². The van der Waals surface area contributed by atoms with Gasteiger partial charge in [0.05, 0.1) is 0 Å². The molecule has 1 aromatic heterocycles. The Bertz CT molecular complexity index is 638. The molecule has 6 heteroatoms. The fourth-order valence-corrected chi connectivity index (χ4v) is 3.92. The van der Waals surface area contributed by atoms with Crippen molar-refractivity contribution in [1.29, 1.82) is 0 Å². The van der Waals surface area contributed by atoms with Crippen LogP contribution in [0, 0.1) is 5.82 Å². The zero-order chi connectivity index (χ0) is 13.9. The maximum atomic E-state index is 13.5. The lowest BCUT2D eigenvalue weighted by molar-refractivity contribution is 0.543. The zero-order valence-corrected chi connectivity index (χ0v) is 12.0. The highest BCUT2D eigenvalue weighted by Gasteiger charge is 2.20. The molecule has 1 atom stereocenters. The minimum atomic E-state index is -3.81. The maximum absolute atomic E-state index is 13.5. The lowest BCUT2D eigenvalue weighted by atomic mass is 10.2. The average Bonchev–Trinajstić information content (AvgIpc) is 2.81. The second kappa shape index (κ2) is 5.81. The van der Waals surface area contributed by atoms with Gasteiger partial charge >= 0.3 is 0 Å². The molecule has 0 aliphatic rings. The van der Waals surface area contributed by atoms with Crippen molar-refractivity contribution in [1.82, 2.24) is 4.72 Å². The molecule has 2 aromatic rings. The van der Waals surface area contributed by atoms with Crippen molar-refractivity contribution in [3.8, 4) is 0 Å².